The molecular formula is C22H24N4O2. The molecule has 0 radical (unpaired) electrons. The number of pyridine rings is 1. The van der Waals surface area contributed by atoms with Crippen molar-refractivity contribution in [3.05, 3.63) is 65.8 Å². The van der Waals surface area contributed by atoms with E-state index in [2.05, 4.69) is 27.8 Å². The minimum atomic E-state index is -0.0588. The maximum Gasteiger partial charge on any atom is 0.246 e. The molecule has 1 amide bonds. The lowest BCUT2D eigenvalue weighted by Crippen LogP contribution is -2.34. The fourth-order valence-corrected chi connectivity index (χ4v) is 3.53. The van der Waals surface area contributed by atoms with Crippen LogP contribution in [-0.2, 0) is 22.4 Å². The molecule has 1 aliphatic heterocycles. The summed E-state index contributed by atoms with van der Waals surface area (Å²) in [5, 5.41) is 7.28. The molecule has 0 saturated heterocycles. The van der Waals surface area contributed by atoms with E-state index in [0.29, 0.717) is 31.8 Å². The summed E-state index contributed by atoms with van der Waals surface area (Å²) >= 11 is 0. The third-order valence-electron chi connectivity index (χ3n) is 5.23. The summed E-state index contributed by atoms with van der Waals surface area (Å²) in [5.74, 6) is 0.667. The minimum Gasteiger partial charge on any atom is -0.334 e. The Morgan fingerprint density at radius 3 is 2.86 bits per heavy atom. The van der Waals surface area contributed by atoms with Crippen molar-refractivity contribution in [2.24, 2.45) is 0 Å². The van der Waals surface area contributed by atoms with Crippen molar-refractivity contribution in [3.63, 3.8) is 0 Å². The van der Waals surface area contributed by atoms with Gasteiger partial charge in [0.05, 0.1) is 11.4 Å². The first-order valence-corrected chi connectivity index (χ1v) is 9.74. The summed E-state index contributed by atoms with van der Waals surface area (Å²) in [6.45, 7) is 4.80. The summed E-state index contributed by atoms with van der Waals surface area (Å²) in [7, 11) is 0. The zero-order valence-electron chi connectivity index (χ0n) is 15.9. The van der Waals surface area contributed by atoms with Crippen LogP contribution in [0.4, 0.5) is 0 Å². The number of amides is 1. The maximum atomic E-state index is 12.4. The topological polar surface area (TPSA) is 79.0 Å². The Hall–Kier alpha value is -3.02. The van der Waals surface area contributed by atoms with Crippen molar-refractivity contribution in [2.45, 2.75) is 38.0 Å². The highest BCUT2D eigenvalue weighted by molar-refractivity contribution is 5.88. The molecule has 28 heavy (non-hydrogen) atoms. The monoisotopic (exact) mass is 376 g/mol. The van der Waals surface area contributed by atoms with Crippen molar-refractivity contribution in [1.29, 1.82) is 0 Å². The van der Waals surface area contributed by atoms with E-state index in [1.165, 1.54) is 18.9 Å². The number of carbonyl (C=O) groups excluding carboxylic acids is 2. The molecule has 1 aliphatic carbocycles. The van der Waals surface area contributed by atoms with Crippen LogP contribution in [0.15, 0.2) is 43.1 Å². The summed E-state index contributed by atoms with van der Waals surface area (Å²) in [6.07, 6.45) is 9.15. The molecule has 2 aliphatic rings. The van der Waals surface area contributed by atoms with Gasteiger partial charge in [-0.1, -0.05) is 18.7 Å². The third-order valence-corrected chi connectivity index (χ3v) is 5.23. The Morgan fingerprint density at radius 1 is 1.29 bits per heavy atom. The highest BCUT2D eigenvalue weighted by Crippen LogP contribution is 2.39. The van der Waals surface area contributed by atoms with E-state index in [1.807, 2.05) is 18.2 Å². The number of H-pyrrole nitrogens is 1. The van der Waals surface area contributed by atoms with Crippen molar-refractivity contribution in [2.75, 3.05) is 13.1 Å². The van der Waals surface area contributed by atoms with Gasteiger partial charge in [-0.15, -0.1) is 0 Å². The van der Waals surface area contributed by atoms with E-state index in [0.717, 1.165) is 34.6 Å². The smallest absolute Gasteiger partial charge is 0.246 e. The molecule has 144 valence electrons. The lowest BCUT2D eigenvalue weighted by atomic mass is 10.0. The number of aromatic amines is 1. The van der Waals surface area contributed by atoms with Gasteiger partial charge < -0.3 is 4.90 Å². The summed E-state index contributed by atoms with van der Waals surface area (Å²) in [4.78, 5) is 30.5. The molecule has 0 spiro atoms. The fraction of sp³-hybridized carbons (Fsp3) is 0.364. The van der Waals surface area contributed by atoms with E-state index in [4.69, 9.17) is 0 Å². The first kappa shape index (κ1) is 18.3. The standard InChI is InChI=1S/C22H24N4O2/c1-2-22(28)26-9-3-4-17(14-26)20-8-5-15(13-23-20)10-19(27)11-18-12-21(25-24-18)16-6-7-16/h2,4-5,8,12-13,16H,1,3,6-7,9-11,14H2,(H,24,25). The van der Waals surface area contributed by atoms with Crippen LogP contribution in [0.25, 0.3) is 5.57 Å². The number of ketones is 1. The number of nitrogens with zero attached hydrogens (tertiary/aromatic N) is 3. The largest absolute Gasteiger partial charge is 0.334 e. The summed E-state index contributed by atoms with van der Waals surface area (Å²) in [5.41, 5.74) is 4.74. The lowest BCUT2D eigenvalue weighted by Gasteiger charge is -2.26. The van der Waals surface area contributed by atoms with Gasteiger partial charge in [0.1, 0.15) is 5.78 Å². The van der Waals surface area contributed by atoms with Crippen molar-refractivity contribution in [1.82, 2.24) is 20.1 Å². The molecule has 1 N–H and O–H groups in total. The molecule has 3 heterocycles. The van der Waals surface area contributed by atoms with Gasteiger partial charge in [-0.3, -0.25) is 19.7 Å². The molecular weight excluding hydrogens is 352 g/mol. The van der Waals surface area contributed by atoms with Crippen LogP contribution in [0.1, 0.15) is 47.8 Å². The first-order valence-electron chi connectivity index (χ1n) is 9.74. The molecule has 6 nitrogen and oxygen atoms in total. The molecule has 6 heteroatoms. The number of nitrogens with one attached hydrogen (secondary N) is 1. The highest BCUT2D eigenvalue weighted by Gasteiger charge is 2.26. The Balaban J connectivity index is 1.34. The molecule has 1 fully saturated rings. The summed E-state index contributed by atoms with van der Waals surface area (Å²) in [6, 6.07) is 5.89. The predicted octanol–water partition coefficient (Wildman–Crippen LogP) is 2.84. The average Bonchev–Trinajstić information content (AvgIpc) is 3.47. The van der Waals surface area contributed by atoms with Gasteiger partial charge in [0.25, 0.3) is 0 Å². The SMILES string of the molecule is C=CC(=O)N1CCC=C(c2ccc(CC(=O)Cc3cc(C4CC4)n[nH]3)cn2)C1. The van der Waals surface area contributed by atoms with E-state index in [9.17, 15) is 9.59 Å². The second kappa shape index (κ2) is 7.92. The third kappa shape index (κ3) is 4.27. The molecule has 0 bridgehead atoms. The second-order valence-corrected chi connectivity index (χ2v) is 7.52. The van der Waals surface area contributed by atoms with Crippen molar-refractivity contribution < 1.29 is 9.59 Å². The Morgan fingerprint density at radius 2 is 2.14 bits per heavy atom. The molecule has 0 atom stereocenters. The average molecular weight is 376 g/mol. The molecule has 2 aromatic heterocycles. The van der Waals surface area contributed by atoms with Gasteiger partial charge in [-0.05, 0) is 48.6 Å². The van der Waals surface area contributed by atoms with Gasteiger partial charge in [0, 0.05) is 43.7 Å². The second-order valence-electron chi connectivity index (χ2n) is 7.52. The molecule has 2 aromatic rings. The van der Waals surface area contributed by atoms with Gasteiger partial charge >= 0.3 is 0 Å². The summed E-state index contributed by atoms with van der Waals surface area (Å²) < 4.78 is 0. The number of Topliss-reactive ketones (excluding diaryl/α,β-unsaturated/α-hetero) is 1. The Kier molecular flexibility index (Phi) is 5.19. The molecule has 0 unspecified atom stereocenters. The van der Waals surface area contributed by atoms with E-state index in [-0.39, 0.29) is 11.7 Å². The zero-order valence-corrected chi connectivity index (χ0v) is 15.9. The van der Waals surface area contributed by atoms with Crippen LogP contribution in [-0.4, -0.2) is 44.9 Å². The lowest BCUT2D eigenvalue weighted by molar-refractivity contribution is -0.125. The number of rotatable bonds is 7. The van der Waals surface area contributed by atoms with Crippen LogP contribution in [0.2, 0.25) is 0 Å². The van der Waals surface area contributed by atoms with Crippen molar-refractivity contribution in [3.8, 4) is 0 Å². The highest BCUT2D eigenvalue weighted by atomic mass is 16.2. The Bertz CT molecular complexity index is 922. The number of hydrogen-bond donors (Lipinski definition) is 1. The number of carbonyl (C=O) groups is 2. The molecule has 0 aromatic carbocycles. The van der Waals surface area contributed by atoms with Gasteiger partial charge in [0.15, 0.2) is 0 Å². The van der Waals surface area contributed by atoms with Crippen LogP contribution < -0.4 is 0 Å². The number of aromatic nitrogens is 3. The fourth-order valence-electron chi connectivity index (χ4n) is 3.53. The quantitative estimate of drug-likeness (QED) is 0.754. The number of hydrogen-bond acceptors (Lipinski definition) is 4. The predicted molar refractivity (Wildman–Crippen MR) is 107 cm³/mol. The first-order chi connectivity index (χ1) is 13.6. The van der Waals surface area contributed by atoms with Crippen LogP contribution in [0, 0.1) is 0 Å². The van der Waals surface area contributed by atoms with E-state index < -0.39 is 0 Å². The van der Waals surface area contributed by atoms with Crippen LogP contribution in [0.3, 0.4) is 0 Å². The molecule has 4 rings (SSSR count). The van der Waals surface area contributed by atoms with Gasteiger partial charge in [-0.25, -0.2) is 0 Å². The van der Waals surface area contributed by atoms with E-state index in [1.54, 1.807) is 11.1 Å². The zero-order chi connectivity index (χ0) is 19.5. The maximum absolute atomic E-state index is 12.4. The van der Waals surface area contributed by atoms with Crippen LogP contribution in [0.5, 0.6) is 0 Å². The minimum absolute atomic E-state index is 0.0588. The normalized spacial score (nSPS) is 16.6. The Labute approximate surface area is 164 Å². The van der Waals surface area contributed by atoms with E-state index >= 15 is 0 Å². The van der Waals surface area contributed by atoms with Gasteiger partial charge in [0.2, 0.25) is 5.91 Å². The molecule has 1 saturated carbocycles. The van der Waals surface area contributed by atoms with Gasteiger partial charge in [-0.2, -0.15) is 5.10 Å². The van der Waals surface area contributed by atoms with Crippen molar-refractivity contribution >= 4 is 17.3 Å². The van der Waals surface area contributed by atoms with Crippen LogP contribution >= 0.6 is 0 Å².